The molecule has 0 radical (unpaired) electrons. The Kier molecular flexibility index (Phi) is 10.3. The van der Waals surface area contributed by atoms with Crippen molar-refractivity contribution in [1.29, 1.82) is 0 Å². The molecule has 10 atom stereocenters. The number of nitrogens with one attached hydrogen (secondary N) is 3. The van der Waals surface area contributed by atoms with Gasteiger partial charge in [0.15, 0.2) is 0 Å². The highest BCUT2D eigenvalue weighted by Crippen LogP contribution is 2.54. The fourth-order valence-electron chi connectivity index (χ4n) is 9.13. The van der Waals surface area contributed by atoms with Gasteiger partial charge in [0.1, 0.15) is 41.3 Å². The molecule has 2 aliphatic heterocycles. The number of hydrogen-bond acceptors (Lipinski definition) is 11. The van der Waals surface area contributed by atoms with Crippen LogP contribution in [0.1, 0.15) is 104 Å². The highest BCUT2D eigenvalue weighted by atomic mass is 32.2. The van der Waals surface area contributed by atoms with E-state index in [-0.39, 0.29) is 36.8 Å². The van der Waals surface area contributed by atoms with Gasteiger partial charge in [-0.15, -0.1) is 0 Å². The highest BCUT2D eigenvalue weighted by molar-refractivity contribution is 7.91. The van der Waals surface area contributed by atoms with Crippen LogP contribution >= 0.6 is 0 Å². The van der Waals surface area contributed by atoms with Gasteiger partial charge in [-0.25, -0.2) is 32.0 Å². The molecule has 322 valence electrons. The van der Waals surface area contributed by atoms with Crippen molar-refractivity contribution in [2.45, 2.75) is 139 Å². The smallest absolute Gasteiger partial charge is 0.408 e. The number of rotatable bonds is 8. The summed E-state index contributed by atoms with van der Waals surface area (Å²) in [6.45, 7) is 8.36. The fourth-order valence-corrected chi connectivity index (χ4v) is 10.4. The van der Waals surface area contributed by atoms with Crippen LogP contribution in [0.5, 0.6) is 11.6 Å². The Morgan fingerprint density at radius 3 is 2.44 bits per heavy atom. The van der Waals surface area contributed by atoms with Crippen molar-refractivity contribution in [3.05, 3.63) is 23.9 Å². The third-order valence-electron chi connectivity index (χ3n) is 13.6. The van der Waals surface area contributed by atoms with Gasteiger partial charge in [-0.3, -0.25) is 19.1 Å². The molecular weight excluding hydrogens is 791 g/mol. The van der Waals surface area contributed by atoms with E-state index in [9.17, 15) is 36.4 Å². The van der Waals surface area contributed by atoms with E-state index in [0.717, 1.165) is 32.1 Å². The lowest BCUT2D eigenvalue weighted by Crippen LogP contribution is -2.61. The van der Waals surface area contributed by atoms with Gasteiger partial charge in [0.25, 0.3) is 5.91 Å². The lowest BCUT2D eigenvalue weighted by atomic mass is 9.85. The van der Waals surface area contributed by atoms with Crippen molar-refractivity contribution < 1.29 is 50.6 Å². The molecule has 2 bridgehead atoms. The molecule has 0 spiro atoms. The number of methoxy groups -OCH3 is 1. The molecule has 4 saturated carbocycles. The number of alkyl carbamates (subject to hydrolysis) is 1. The number of ether oxygens (including phenoxy) is 3. The van der Waals surface area contributed by atoms with Gasteiger partial charge >= 0.3 is 6.09 Å². The number of fused-ring (bicyclic) bond motifs is 7. The Morgan fingerprint density at radius 1 is 1.07 bits per heavy atom. The number of nitrogens with zero attached hydrogens (tertiary/aromatic N) is 3. The van der Waals surface area contributed by atoms with Crippen LogP contribution in [-0.4, -0.2) is 102 Å². The van der Waals surface area contributed by atoms with E-state index >= 15 is 0 Å². The zero-order valence-corrected chi connectivity index (χ0v) is 35.1. The van der Waals surface area contributed by atoms with Crippen LogP contribution in [0.4, 0.5) is 13.6 Å². The van der Waals surface area contributed by atoms with E-state index in [1.165, 1.54) is 11.8 Å². The molecule has 1 unspecified atom stereocenters. The third-order valence-corrected chi connectivity index (χ3v) is 15.7. The summed E-state index contributed by atoms with van der Waals surface area (Å²) in [4.78, 5) is 68.0. The van der Waals surface area contributed by atoms with Gasteiger partial charge in [0.05, 0.1) is 35.4 Å². The van der Waals surface area contributed by atoms with Crippen molar-refractivity contribution >= 4 is 44.9 Å². The third kappa shape index (κ3) is 7.78. The molecular formula is C41H54F2N6O9S. The van der Waals surface area contributed by atoms with Gasteiger partial charge < -0.3 is 29.7 Å². The van der Waals surface area contributed by atoms with E-state index in [2.05, 4.69) is 10.6 Å². The van der Waals surface area contributed by atoms with Gasteiger partial charge in [-0.05, 0) is 87.7 Å². The summed E-state index contributed by atoms with van der Waals surface area (Å²) in [5.41, 5.74) is -1.31. The van der Waals surface area contributed by atoms with Gasteiger partial charge in [-0.1, -0.05) is 34.1 Å². The lowest BCUT2D eigenvalue weighted by Gasteiger charge is -2.36. The zero-order valence-electron chi connectivity index (χ0n) is 34.3. The minimum atomic E-state index is -4.24. The average molecular weight is 845 g/mol. The molecule has 3 heterocycles. The van der Waals surface area contributed by atoms with Crippen molar-refractivity contribution in [2.75, 3.05) is 13.7 Å². The second-order valence-electron chi connectivity index (χ2n) is 18.8. The first-order valence-corrected chi connectivity index (χ1v) is 22.2. The number of carbonyl (C=O) groups is 4. The summed E-state index contributed by atoms with van der Waals surface area (Å²) in [7, 11) is -2.70. The van der Waals surface area contributed by atoms with Crippen LogP contribution in [0.25, 0.3) is 11.0 Å². The first-order valence-electron chi connectivity index (χ1n) is 20.8. The number of amides is 4. The van der Waals surface area contributed by atoms with Crippen molar-refractivity contribution in [1.82, 2.24) is 30.2 Å². The topological polar surface area (TPSA) is 195 Å². The Bertz CT molecular complexity index is 2170. The Labute approximate surface area is 342 Å². The van der Waals surface area contributed by atoms with Gasteiger partial charge in [0.2, 0.25) is 34.1 Å². The summed E-state index contributed by atoms with van der Waals surface area (Å²) in [6.07, 6.45) is -0.290. The number of aromatic nitrogens is 2. The molecule has 2 aromatic rings. The predicted molar refractivity (Wildman–Crippen MR) is 209 cm³/mol. The zero-order chi connectivity index (χ0) is 42.4. The Balaban J connectivity index is 1.18. The summed E-state index contributed by atoms with van der Waals surface area (Å²) in [5.74, 6) is -3.86. The van der Waals surface area contributed by atoms with Crippen molar-refractivity contribution in [3.8, 4) is 11.6 Å². The molecule has 1 aromatic heterocycles. The molecule has 6 aliphatic rings. The maximum Gasteiger partial charge on any atom is 0.408 e. The fraction of sp³-hybridized carbons (Fsp3) is 0.707. The van der Waals surface area contributed by atoms with Crippen LogP contribution in [-0.2, 0) is 29.1 Å². The number of sulfonamides is 1. The minimum Gasteiger partial charge on any atom is -0.497 e. The number of carbonyl (C=O) groups excluding carboxylic acids is 4. The molecule has 4 amide bonds. The van der Waals surface area contributed by atoms with Gasteiger partial charge in [-0.2, -0.15) is 0 Å². The first-order chi connectivity index (χ1) is 27.8. The number of alkyl halides is 2. The molecule has 1 saturated heterocycles. The van der Waals surface area contributed by atoms with E-state index in [1.807, 2.05) is 10.8 Å². The maximum absolute atomic E-state index is 14.9. The molecule has 1 aromatic carbocycles. The molecule has 8 rings (SSSR count). The molecule has 5 fully saturated rings. The van der Waals surface area contributed by atoms with E-state index < -0.39 is 92.4 Å². The average Bonchev–Trinajstić information content (AvgIpc) is 4.01. The van der Waals surface area contributed by atoms with Crippen LogP contribution in [0, 0.1) is 29.1 Å². The quantitative estimate of drug-likeness (QED) is 0.337. The summed E-state index contributed by atoms with van der Waals surface area (Å²) in [5, 5.41) is 5.29. The molecule has 4 aliphatic carbocycles. The minimum absolute atomic E-state index is 0.0530. The SMILES string of the molecule is CC[C@@H]1[C@@H]2CN(C(=O)[C@H](C(C)(C)C)NC(=O)O[C@@H]3CC3CCC[C@@H]3C[C@H]3c3nc4ccc(OC)cc4nc3O2)[C@@H]1C(=O)N[C@]1(C(=O)NS(=O)(=O)C2(C)CC2)C[C@H]1C(F)F. The Morgan fingerprint density at radius 2 is 1.80 bits per heavy atom. The summed E-state index contributed by atoms with van der Waals surface area (Å²) in [6, 6.07) is 2.79. The molecule has 15 nitrogen and oxygen atoms in total. The second kappa shape index (κ2) is 14.7. The van der Waals surface area contributed by atoms with Crippen molar-refractivity contribution in [3.63, 3.8) is 0 Å². The number of benzene rings is 1. The summed E-state index contributed by atoms with van der Waals surface area (Å²) >= 11 is 0. The molecule has 59 heavy (non-hydrogen) atoms. The summed E-state index contributed by atoms with van der Waals surface area (Å²) < 4.78 is 73.8. The Hall–Kier alpha value is -4.35. The largest absolute Gasteiger partial charge is 0.497 e. The van der Waals surface area contributed by atoms with Crippen LogP contribution in [0.3, 0.4) is 0 Å². The lowest BCUT2D eigenvalue weighted by molar-refractivity contribution is -0.144. The predicted octanol–water partition coefficient (Wildman–Crippen LogP) is 4.58. The van der Waals surface area contributed by atoms with E-state index in [4.69, 9.17) is 24.2 Å². The highest BCUT2D eigenvalue weighted by Gasteiger charge is 2.68. The molecule has 18 heteroatoms. The van der Waals surface area contributed by atoms with E-state index in [0.29, 0.717) is 41.2 Å². The second-order valence-corrected chi connectivity index (χ2v) is 21.0. The van der Waals surface area contributed by atoms with Crippen LogP contribution < -0.4 is 24.8 Å². The van der Waals surface area contributed by atoms with Gasteiger partial charge in [0, 0.05) is 17.9 Å². The maximum atomic E-state index is 14.9. The normalized spacial score (nSPS) is 33.8. The standard InChI is InChI=1S/C41H54F2N6O9S/c1-7-23-29-19-49(31(23)34(50)47-41(18-25(41)33(42)43)37(52)48-59(54,55)40(5)13-14-40)36(51)32(39(2,3)4)46-38(53)58-28-16-21(28)10-8-9-20-15-24(20)30-35(57-29)45-27-17-22(56-6)11-12-26(27)44-30/h11-12,17,20-21,23-25,28-29,31-33H,7-10,13-16,18-19H2,1-6H3,(H,46,53)(H,47,50)(H,48,52)/t20-,21?,23-,24-,25+,28-,29+,31+,32-,41-/m1/s1. The van der Waals surface area contributed by atoms with Crippen LogP contribution in [0.2, 0.25) is 0 Å². The number of halogens is 2. The van der Waals surface area contributed by atoms with E-state index in [1.54, 1.807) is 46.9 Å². The molecule has 3 N–H and O–H groups in total. The van der Waals surface area contributed by atoms with Crippen LogP contribution in [0.15, 0.2) is 18.2 Å². The van der Waals surface area contributed by atoms with Crippen molar-refractivity contribution in [2.24, 2.45) is 29.1 Å². The first kappa shape index (κ1) is 41.4. The monoisotopic (exact) mass is 844 g/mol. The number of hydrogen-bond donors (Lipinski definition) is 3.